The number of sulfonamides is 1. The summed E-state index contributed by atoms with van der Waals surface area (Å²) in [5.41, 5.74) is -0.0535. The Morgan fingerprint density at radius 2 is 1.80 bits per heavy atom. The molecule has 0 saturated carbocycles. The van der Waals surface area contributed by atoms with Gasteiger partial charge in [0.1, 0.15) is 29.5 Å². The van der Waals surface area contributed by atoms with Crippen LogP contribution in [0.4, 0.5) is 10.1 Å². The molecule has 0 fully saturated rings. The Labute approximate surface area is 204 Å². The van der Waals surface area contributed by atoms with Crippen LogP contribution in [-0.2, 0) is 14.8 Å². The van der Waals surface area contributed by atoms with Crippen LogP contribution in [0.1, 0.15) is 31.9 Å². The molecule has 7 nitrogen and oxygen atoms in total. The van der Waals surface area contributed by atoms with Crippen LogP contribution in [0.5, 0.6) is 11.5 Å². The van der Waals surface area contributed by atoms with Gasteiger partial charge in [-0.05, 0) is 56.3 Å². The summed E-state index contributed by atoms with van der Waals surface area (Å²) in [4.78, 5) is 13.2. The van der Waals surface area contributed by atoms with E-state index in [4.69, 9.17) is 9.47 Å². The highest BCUT2D eigenvalue weighted by Crippen LogP contribution is 2.41. The third-order valence-electron chi connectivity index (χ3n) is 5.75. The maximum Gasteiger partial charge on any atom is 0.264 e. The van der Waals surface area contributed by atoms with Gasteiger partial charge in [0.2, 0.25) is 5.91 Å². The number of fused-ring (bicyclic) bond motifs is 1. The Hall–Kier alpha value is -3.59. The number of amides is 1. The van der Waals surface area contributed by atoms with E-state index >= 15 is 0 Å². The van der Waals surface area contributed by atoms with Crippen LogP contribution in [0.15, 0.2) is 77.7 Å². The number of ether oxygens (including phenoxy) is 2. The SMILES string of the molecule is COc1ccc2c(c1)C(NC(=O)CN(c1ccccc1F)S(=O)(=O)c1ccccc1)CC(C)(C)O2. The minimum absolute atomic E-state index is 0.0432. The van der Waals surface area contributed by atoms with Crippen LogP contribution in [0.3, 0.4) is 0 Å². The van der Waals surface area contributed by atoms with Crippen molar-refractivity contribution in [2.75, 3.05) is 18.0 Å². The minimum Gasteiger partial charge on any atom is -0.497 e. The number of anilines is 1. The molecule has 35 heavy (non-hydrogen) atoms. The van der Waals surface area contributed by atoms with E-state index in [9.17, 15) is 17.6 Å². The Kier molecular flexibility index (Phi) is 6.71. The predicted molar refractivity (Wildman–Crippen MR) is 131 cm³/mol. The Balaban J connectivity index is 1.66. The second-order valence-corrected chi connectivity index (χ2v) is 10.7. The van der Waals surface area contributed by atoms with Gasteiger partial charge in [0.05, 0.1) is 23.7 Å². The smallest absolute Gasteiger partial charge is 0.264 e. The van der Waals surface area contributed by atoms with Crippen molar-refractivity contribution in [3.05, 3.63) is 84.2 Å². The van der Waals surface area contributed by atoms with E-state index in [-0.39, 0.29) is 10.6 Å². The van der Waals surface area contributed by atoms with Crippen molar-refractivity contribution in [1.29, 1.82) is 0 Å². The Morgan fingerprint density at radius 1 is 1.11 bits per heavy atom. The summed E-state index contributed by atoms with van der Waals surface area (Å²) in [6.07, 6.45) is 0.448. The average Bonchev–Trinajstić information content (AvgIpc) is 2.83. The molecule has 4 rings (SSSR count). The summed E-state index contributed by atoms with van der Waals surface area (Å²) >= 11 is 0. The number of carbonyl (C=O) groups excluding carboxylic acids is 1. The quantitative estimate of drug-likeness (QED) is 0.520. The van der Waals surface area contributed by atoms with Crippen LogP contribution < -0.4 is 19.1 Å². The maximum atomic E-state index is 14.7. The highest BCUT2D eigenvalue weighted by molar-refractivity contribution is 7.92. The number of para-hydroxylation sites is 1. The molecule has 1 aliphatic rings. The van der Waals surface area contributed by atoms with Crippen molar-refractivity contribution >= 4 is 21.6 Å². The maximum absolute atomic E-state index is 14.7. The van der Waals surface area contributed by atoms with Crippen LogP contribution in [0, 0.1) is 5.82 Å². The van der Waals surface area contributed by atoms with Gasteiger partial charge in [-0.1, -0.05) is 30.3 Å². The van der Waals surface area contributed by atoms with Crippen molar-refractivity contribution in [3.63, 3.8) is 0 Å². The van der Waals surface area contributed by atoms with Crippen LogP contribution in [-0.4, -0.2) is 33.6 Å². The highest BCUT2D eigenvalue weighted by Gasteiger charge is 2.36. The molecule has 0 aliphatic carbocycles. The zero-order valence-electron chi connectivity index (χ0n) is 19.7. The number of hydrogen-bond donors (Lipinski definition) is 1. The van der Waals surface area contributed by atoms with Gasteiger partial charge >= 0.3 is 0 Å². The van der Waals surface area contributed by atoms with Gasteiger partial charge in [0.15, 0.2) is 0 Å². The normalized spacial score (nSPS) is 16.5. The van der Waals surface area contributed by atoms with Gasteiger partial charge in [-0.2, -0.15) is 0 Å². The fourth-order valence-corrected chi connectivity index (χ4v) is 5.58. The van der Waals surface area contributed by atoms with Gasteiger partial charge in [-0.25, -0.2) is 12.8 Å². The van der Waals surface area contributed by atoms with E-state index in [1.807, 2.05) is 13.8 Å². The molecular weight excluding hydrogens is 471 g/mol. The summed E-state index contributed by atoms with van der Waals surface area (Å²) in [7, 11) is -2.67. The first-order valence-electron chi connectivity index (χ1n) is 11.1. The standard InChI is InChI=1S/C26H27FN2O5S/c1-26(2)16-22(20-15-18(33-3)13-14-24(20)34-26)28-25(30)17-29(23-12-8-7-11-21(23)27)35(31,32)19-9-5-4-6-10-19/h4-15,22H,16-17H2,1-3H3,(H,28,30). The molecule has 1 amide bonds. The fraction of sp³-hybridized carbons (Fsp3) is 0.269. The van der Waals surface area contributed by atoms with Gasteiger partial charge in [0.25, 0.3) is 10.0 Å². The number of halogens is 1. The largest absolute Gasteiger partial charge is 0.497 e. The van der Waals surface area contributed by atoms with Crippen molar-refractivity contribution in [1.82, 2.24) is 5.32 Å². The molecular formula is C26H27FN2O5S. The highest BCUT2D eigenvalue weighted by atomic mass is 32.2. The first kappa shape index (κ1) is 24.5. The molecule has 3 aromatic carbocycles. The lowest BCUT2D eigenvalue weighted by Gasteiger charge is -2.38. The summed E-state index contributed by atoms with van der Waals surface area (Å²) < 4.78 is 53.7. The molecule has 1 unspecified atom stereocenters. The number of rotatable bonds is 7. The molecule has 3 aromatic rings. The van der Waals surface area contributed by atoms with Gasteiger partial charge < -0.3 is 14.8 Å². The summed E-state index contributed by atoms with van der Waals surface area (Å²) in [6, 6.07) is 18.0. The third kappa shape index (κ3) is 5.24. The predicted octanol–water partition coefficient (Wildman–Crippen LogP) is 4.45. The lowest BCUT2D eigenvalue weighted by Crippen LogP contribution is -2.45. The van der Waals surface area contributed by atoms with Crippen molar-refractivity contribution in [2.45, 2.75) is 36.8 Å². The number of nitrogens with one attached hydrogen (secondary N) is 1. The van der Waals surface area contributed by atoms with Crippen molar-refractivity contribution < 1.29 is 27.1 Å². The molecule has 1 N–H and O–H groups in total. The molecule has 184 valence electrons. The number of carbonyl (C=O) groups is 1. The van der Waals surface area contributed by atoms with E-state index in [0.717, 1.165) is 15.9 Å². The molecule has 0 radical (unpaired) electrons. The summed E-state index contributed by atoms with van der Waals surface area (Å²) in [5.74, 6) is -0.118. The van der Waals surface area contributed by atoms with Crippen LogP contribution in [0.25, 0.3) is 0 Å². The lowest BCUT2D eigenvalue weighted by atomic mass is 9.89. The number of nitrogens with zero attached hydrogens (tertiary/aromatic N) is 1. The van der Waals surface area contributed by atoms with Gasteiger partial charge in [0, 0.05) is 12.0 Å². The molecule has 1 heterocycles. The third-order valence-corrected chi connectivity index (χ3v) is 7.52. The molecule has 0 spiro atoms. The first-order chi connectivity index (χ1) is 16.6. The molecule has 1 atom stereocenters. The molecule has 0 saturated heterocycles. The van der Waals surface area contributed by atoms with E-state index in [1.165, 1.54) is 30.3 Å². The average molecular weight is 499 g/mol. The zero-order valence-corrected chi connectivity index (χ0v) is 20.5. The first-order valence-corrected chi connectivity index (χ1v) is 12.5. The minimum atomic E-state index is -4.22. The number of benzene rings is 3. The topological polar surface area (TPSA) is 84.9 Å². The zero-order chi connectivity index (χ0) is 25.2. The van der Waals surface area contributed by atoms with Crippen LogP contribution in [0.2, 0.25) is 0 Å². The molecule has 9 heteroatoms. The summed E-state index contributed by atoms with van der Waals surface area (Å²) in [5, 5.41) is 2.92. The molecule has 1 aliphatic heterocycles. The fourth-order valence-electron chi connectivity index (χ4n) is 4.13. The van der Waals surface area contributed by atoms with E-state index in [1.54, 1.807) is 43.5 Å². The molecule has 0 aromatic heterocycles. The second-order valence-electron chi connectivity index (χ2n) is 8.87. The second kappa shape index (κ2) is 9.58. The van der Waals surface area contributed by atoms with Gasteiger partial charge in [-0.15, -0.1) is 0 Å². The van der Waals surface area contributed by atoms with E-state index < -0.39 is 39.9 Å². The van der Waals surface area contributed by atoms with Gasteiger partial charge in [-0.3, -0.25) is 9.10 Å². The Bertz CT molecular complexity index is 1330. The van der Waals surface area contributed by atoms with Crippen molar-refractivity contribution in [3.8, 4) is 11.5 Å². The Morgan fingerprint density at radius 3 is 2.49 bits per heavy atom. The van der Waals surface area contributed by atoms with Crippen LogP contribution >= 0.6 is 0 Å². The molecule has 0 bridgehead atoms. The summed E-state index contributed by atoms with van der Waals surface area (Å²) in [6.45, 7) is 3.21. The lowest BCUT2D eigenvalue weighted by molar-refractivity contribution is -0.120. The number of methoxy groups -OCH3 is 1. The number of hydrogen-bond acceptors (Lipinski definition) is 5. The van der Waals surface area contributed by atoms with Crippen molar-refractivity contribution in [2.24, 2.45) is 0 Å². The monoisotopic (exact) mass is 498 g/mol. The van der Waals surface area contributed by atoms with E-state index in [2.05, 4.69) is 5.32 Å². The van der Waals surface area contributed by atoms with E-state index in [0.29, 0.717) is 17.9 Å².